The molecule has 2 amide bonds. The predicted octanol–water partition coefficient (Wildman–Crippen LogP) is 6.17. The Bertz CT molecular complexity index is 1560. The number of primary amides is 1. The van der Waals surface area contributed by atoms with Crippen LogP contribution in [0, 0.1) is 0 Å². The van der Waals surface area contributed by atoms with Gasteiger partial charge in [-0.2, -0.15) is 0 Å². The zero-order valence-electron chi connectivity index (χ0n) is 37.8. The van der Waals surface area contributed by atoms with Gasteiger partial charge in [0.2, 0.25) is 12.8 Å². The Hall–Kier alpha value is -5.05. The van der Waals surface area contributed by atoms with Crippen LogP contribution in [0.4, 0.5) is 17.6 Å². The number of aryl methyl sites for hydroxylation is 2. The van der Waals surface area contributed by atoms with E-state index < -0.39 is 24.6 Å². The van der Waals surface area contributed by atoms with E-state index >= 15 is 0 Å². The van der Waals surface area contributed by atoms with Gasteiger partial charge in [0.05, 0.1) is 49.1 Å². The number of hydrogen-bond acceptors (Lipinski definition) is 11. The summed E-state index contributed by atoms with van der Waals surface area (Å²) in [5.74, 6) is -3.36. The highest BCUT2D eigenvalue weighted by molar-refractivity contribution is 5.71. The number of hydrogen-bond donors (Lipinski definition) is 7. The number of carbonyl (C=O) groups is 3. The Morgan fingerprint density at radius 2 is 1.06 bits per heavy atom. The van der Waals surface area contributed by atoms with Gasteiger partial charge in [0.25, 0.3) is 11.8 Å². The topological polar surface area (TPSA) is 233 Å². The van der Waals surface area contributed by atoms with Crippen LogP contribution in [0.3, 0.4) is 0 Å². The van der Waals surface area contributed by atoms with E-state index in [1.54, 1.807) is 28.4 Å². The molecule has 0 saturated carbocycles. The van der Waals surface area contributed by atoms with Crippen molar-refractivity contribution in [1.29, 1.82) is 0 Å². The Balaban J connectivity index is -0.00000101. The fourth-order valence-electron chi connectivity index (χ4n) is 4.40. The smallest absolute Gasteiger partial charge is 0.262 e. The quantitative estimate of drug-likeness (QED) is 0.0360. The van der Waals surface area contributed by atoms with Crippen molar-refractivity contribution < 1.29 is 51.3 Å². The molecular formula is C43H70F4N8O7. The van der Waals surface area contributed by atoms with Crippen molar-refractivity contribution in [2.75, 3.05) is 48.6 Å². The molecule has 0 aliphatic rings. The number of nitrogens with zero attached hydrogens (tertiary/aromatic N) is 2. The van der Waals surface area contributed by atoms with Crippen LogP contribution in [0.1, 0.15) is 65.5 Å². The fraction of sp³-hybridized carbons (Fsp3) is 0.512. The number of carbonyl (C=O) groups excluding carboxylic acids is 3. The number of benzene rings is 2. The first-order valence-corrected chi connectivity index (χ1v) is 19.5. The standard InChI is InChI=1S/C28H34N4O2.C4H7F2NO.C4H9F2N.C3H9NO.C2H6O.CH3NO.CH2O/c1-19(33-3)5-15-27-29-17-25(31-27)23-11-7-21(8-12-23)22-9-13-24(14-10-22)26-18-30-28(32-26)16-6-20(2)34-4;1-4(5,6)2-7-3-8;1-4(5,6)3-7-2;1-2-3(4)5;1-3-2;2-1-3;1-2/h7-14,17-20H,5-6,15-16H2,1-4H3,(H,29,31)(H,30,32);3H,2H2,1H3,(H,7,8);7H,3H2,1-2H3;3,5H,2,4H2,1H3;1-2H3;1H,(H2,2,3);1H2. The Kier molecular flexibility index (Phi) is 36.1. The largest absolute Gasteiger partial charge is 0.388 e. The van der Waals surface area contributed by atoms with Crippen molar-refractivity contribution in [3.63, 3.8) is 0 Å². The van der Waals surface area contributed by atoms with Gasteiger partial charge in [-0.25, -0.2) is 27.5 Å². The van der Waals surface area contributed by atoms with Crippen LogP contribution in [0.15, 0.2) is 60.9 Å². The molecule has 4 rings (SSSR count). The summed E-state index contributed by atoms with van der Waals surface area (Å²) in [6.07, 6.45) is 8.46. The second-order valence-corrected chi connectivity index (χ2v) is 13.5. The average Bonchev–Trinajstić information content (AvgIpc) is 3.93. The molecule has 0 aliphatic carbocycles. The predicted molar refractivity (Wildman–Crippen MR) is 237 cm³/mol. The van der Waals surface area contributed by atoms with Crippen molar-refractivity contribution >= 4 is 19.6 Å². The summed E-state index contributed by atoms with van der Waals surface area (Å²) >= 11 is 0. The number of amides is 2. The average molecular weight is 887 g/mol. The summed E-state index contributed by atoms with van der Waals surface area (Å²) in [4.78, 5) is 41.9. The van der Waals surface area contributed by atoms with Crippen molar-refractivity contribution in [2.45, 2.75) is 97.0 Å². The second kappa shape index (κ2) is 36.6. The maximum atomic E-state index is 11.7. The highest BCUT2D eigenvalue weighted by Gasteiger charge is 2.19. The highest BCUT2D eigenvalue weighted by Crippen LogP contribution is 2.27. The first-order chi connectivity index (χ1) is 29.3. The lowest BCUT2D eigenvalue weighted by Crippen LogP contribution is -2.28. The number of imidazole rings is 2. The summed E-state index contributed by atoms with van der Waals surface area (Å²) < 4.78 is 61.6. The molecule has 0 spiro atoms. The summed E-state index contributed by atoms with van der Waals surface area (Å²) in [5, 5.41) is 12.4. The molecule has 3 unspecified atom stereocenters. The van der Waals surface area contributed by atoms with E-state index in [2.05, 4.69) is 98.1 Å². The lowest BCUT2D eigenvalue weighted by Gasteiger charge is -2.07. The third-order valence-corrected chi connectivity index (χ3v) is 7.76. The first kappa shape index (κ1) is 61.3. The number of nitrogens with two attached hydrogens (primary N) is 2. The first-order valence-electron chi connectivity index (χ1n) is 19.5. The normalized spacial score (nSPS) is 11.7. The zero-order chi connectivity index (χ0) is 48.1. The number of aliphatic hydroxyl groups is 1. The fourth-order valence-corrected chi connectivity index (χ4v) is 4.40. The van der Waals surface area contributed by atoms with Crippen LogP contribution in [0.25, 0.3) is 33.6 Å². The van der Waals surface area contributed by atoms with E-state index in [1.165, 1.54) is 18.2 Å². The number of aromatic nitrogens is 4. The second-order valence-electron chi connectivity index (χ2n) is 13.5. The lowest BCUT2D eigenvalue weighted by atomic mass is 10.0. The van der Waals surface area contributed by atoms with Crippen LogP contribution in [0.5, 0.6) is 0 Å². The molecule has 19 heteroatoms. The van der Waals surface area contributed by atoms with Gasteiger partial charge in [0.1, 0.15) is 24.7 Å². The minimum absolute atomic E-state index is 0.235. The van der Waals surface area contributed by atoms with Gasteiger partial charge in [0, 0.05) is 55.1 Å². The SMILES string of the molecule is C=O.CC(F)(F)CNC=O.CCC(N)O.CNCC(C)(F)F.COC.COC(C)CCc1ncc(-c2ccc(-c3ccc(-c4cnc(CCC(C)OC)[nH]4)cc3)cc2)[nH]1.NC=O. The van der Waals surface area contributed by atoms with Gasteiger partial charge in [-0.05, 0) is 62.4 Å². The maximum absolute atomic E-state index is 11.7. The number of rotatable bonds is 17. The van der Waals surface area contributed by atoms with Crippen LogP contribution in [0.2, 0.25) is 0 Å². The third-order valence-electron chi connectivity index (χ3n) is 7.76. The Morgan fingerprint density at radius 3 is 1.27 bits per heavy atom. The van der Waals surface area contributed by atoms with Crippen LogP contribution in [-0.4, -0.2) is 124 Å². The Labute approximate surface area is 364 Å². The molecular weight excluding hydrogens is 817 g/mol. The zero-order valence-corrected chi connectivity index (χ0v) is 37.8. The summed E-state index contributed by atoms with van der Waals surface area (Å²) in [6.45, 7) is 8.76. The summed E-state index contributed by atoms with van der Waals surface area (Å²) in [6, 6.07) is 17.2. The van der Waals surface area contributed by atoms with Crippen LogP contribution >= 0.6 is 0 Å². The molecule has 0 aliphatic heterocycles. The van der Waals surface area contributed by atoms with Crippen LogP contribution < -0.4 is 22.1 Å². The van der Waals surface area contributed by atoms with E-state index in [0.717, 1.165) is 73.7 Å². The number of ether oxygens (including phenoxy) is 3. The van der Waals surface area contributed by atoms with Crippen molar-refractivity contribution in [3.8, 4) is 33.6 Å². The monoisotopic (exact) mass is 887 g/mol. The molecule has 9 N–H and O–H groups in total. The van der Waals surface area contributed by atoms with E-state index in [0.29, 0.717) is 6.42 Å². The summed E-state index contributed by atoms with van der Waals surface area (Å²) in [7, 11) is 8.23. The van der Waals surface area contributed by atoms with Crippen molar-refractivity contribution in [1.82, 2.24) is 30.6 Å². The van der Waals surface area contributed by atoms with Crippen molar-refractivity contribution in [3.05, 3.63) is 72.6 Å². The molecule has 0 bridgehead atoms. The van der Waals surface area contributed by atoms with Gasteiger partial charge >= 0.3 is 0 Å². The minimum atomic E-state index is -2.79. The molecule has 0 radical (unpaired) electrons. The molecule has 2 heterocycles. The van der Waals surface area contributed by atoms with Gasteiger partial charge in [-0.15, -0.1) is 0 Å². The van der Waals surface area contributed by atoms with Gasteiger partial charge < -0.3 is 56.2 Å². The van der Waals surface area contributed by atoms with Gasteiger partial charge in [-0.1, -0.05) is 55.5 Å². The molecule has 0 fully saturated rings. The van der Waals surface area contributed by atoms with E-state index in [1.807, 2.05) is 31.4 Å². The Morgan fingerprint density at radius 1 is 0.758 bits per heavy atom. The molecule has 4 aromatic rings. The summed E-state index contributed by atoms with van der Waals surface area (Å²) in [5.41, 5.74) is 15.7. The van der Waals surface area contributed by atoms with Gasteiger partial charge in [-0.3, -0.25) is 9.59 Å². The number of nitrogens with one attached hydrogen (secondary N) is 4. The highest BCUT2D eigenvalue weighted by atomic mass is 19.3. The number of aromatic amines is 2. The third kappa shape index (κ3) is 32.7. The van der Waals surface area contributed by atoms with Crippen LogP contribution in [-0.2, 0) is 41.4 Å². The van der Waals surface area contributed by atoms with Gasteiger partial charge in [0.15, 0.2) is 0 Å². The molecule has 352 valence electrons. The van der Waals surface area contributed by atoms with Crippen molar-refractivity contribution in [2.24, 2.45) is 11.5 Å². The number of H-pyrrole nitrogens is 2. The van der Waals surface area contributed by atoms with E-state index in [9.17, 15) is 22.4 Å². The number of methoxy groups -OCH3 is 3. The molecule has 62 heavy (non-hydrogen) atoms. The maximum Gasteiger partial charge on any atom is 0.262 e. The van der Waals surface area contributed by atoms with E-state index in [-0.39, 0.29) is 31.6 Å². The molecule has 0 saturated heterocycles. The molecule has 3 atom stereocenters. The lowest BCUT2D eigenvalue weighted by molar-refractivity contribution is -0.111. The molecule has 2 aromatic carbocycles. The molecule has 15 nitrogen and oxygen atoms in total. The van der Waals surface area contributed by atoms with E-state index in [4.69, 9.17) is 29.9 Å². The number of alkyl halides is 4. The number of halogens is 4. The molecule has 2 aromatic heterocycles. The minimum Gasteiger partial charge on any atom is -0.388 e. The number of aliphatic hydroxyl groups excluding tert-OH is 1.